The maximum Gasteiger partial charge on any atom is 0.259 e. The van der Waals surface area contributed by atoms with Crippen LogP contribution >= 0.6 is 11.6 Å². The first-order chi connectivity index (χ1) is 14.2. The molecular weight excluding hydrogens is 424 g/mol. The van der Waals surface area contributed by atoms with Crippen molar-refractivity contribution in [2.24, 2.45) is 0 Å². The third-order valence-electron chi connectivity index (χ3n) is 4.45. The second-order valence-electron chi connectivity index (χ2n) is 6.70. The molecule has 156 valence electrons. The molecule has 0 atom stereocenters. The molecule has 6 nitrogen and oxygen atoms in total. The van der Waals surface area contributed by atoms with Crippen LogP contribution in [0.4, 0.5) is 5.69 Å². The molecule has 0 aromatic heterocycles. The summed E-state index contributed by atoms with van der Waals surface area (Å²) < 4.78 is 31.6. The number of rotatable bonds is 6. The molecule has 30 heavy (non-hydrogen) atoms. The predicted molar refractivity (Wildman–Crippen MR) is 118 cm³/mol. The van der Waals surface area contributed by atoms with Crippen molar-refractivity contribution >= 4 is 33.2 Å². The number of ether oxygens (including phenoxy) is 1. The Labute approximate surface area is 181 Å². The van der Waals surface area contributed by atoms with Crippen molar-refractivity contribution in [2.75, 3.05) is 26.0 Å². The Bertz CT molecular complexity index is 1150. The minimum Gasteiger partial charge on any atom is -0.457 e. The monoisotopic (exact) mass is 444 g/mol. The lowest BCUT2D eigenvalue weighted by molar-refractivity contribution is 0.0993. The molecule has 0 unspecified atom stereocenters. The van der Waals surface area contributed by atoms with Crippen LogP contribution in [0.3, 0.4) is 0 Å². The Morgan fingerprint density at radius 2 is 1.47 bits per heavy atom. The predicted octanol–water partition coefficient (Wildman–Crippen LogP) is 4.66. The van der Waals surface area contributed by atoms with Crippen LogP contribution in [0.1, 0.15) is 10.4 Å². The van der Waals surface area contributed by atoms with Crippen LogP contribution in [0.25, 0.3) is 0 Å². The molecule has 0 saturated heterocycles. The van der Waals surface area contributed by atoms with Crippen LogP contribution in [0.15, 0.2) is 77.7 Å². The van der Waals surface area contributed by atoms with E-state index in [4.69, 9.17) is 16.3 Å². The van der Waals surface area contributed by atoms with Crippen molar-refractivity contribution in [1.82, 2.24) is 4.31 Å². The number of hydrogen-bond acceptors (Lipinski definition) is 4. The van der Waals surface area contributed by atoms with Crippen LogP contribution < -0.4 is 9.64 Å². The van der Waals surface area contributed by atoms with Crippen molar-refractivity contribution in [3.05, 3.63) is 83.4 Å². The lowest BCUT2D eigenvalue weighted by Gasteiger charge is -2.19. The van der Waals surface area contributed by atoms with Gasteiger partial charge in [-0.2, -0.15) is 0 Å². The number of nitrogens with zero attached hydrogens (tertiary/aromatic N) is 2. The van der Waals surface area contributed by atoms with E-state index in [2.05, 4.69) is 0 Å². The van der Waals surface area contributed by atoms with Gasteiger partial charge in [-0.3, -0.25) is 4.79 Å². The first-order valence-electron chi connectivity index (χ1n) is 9.03. The van der Waals surface area contributed by atoms with E-state index in [1.54, 1.807) is 31.3 Å². The third-order valence-corrected chi connectivity index (χ3v) is 6.60. The summed E-state index contributed by atoms with van der Waals surface area (Å²) in [6.07, 6.45) is 0. The fraction of sp³-hybridized carbons (Fsp3) is 0.136. The number of amides is 1. The van der Waals surface area contributed by atoms with Gasteiger partial charge in [-0.05, 0) is 54.6 Å². The summed E-state index contributed by atoms with van der Waals surface area (Å²) in [5.74, 6) is 0.913. The fourth-order valence-corrected chi connectivity index (χ4v) is 3.83. The highest BCUT2D eigenvalue weighted by atomic mass is 35.5. The number of anilines is 1. The quantitative estimate of drug-likeness (QED) is 0.554. The summed E-state index contributed by atoms with van der Waals surface area (Å²) in [7, 11) is 0.763. The molecule has 0 bridgehead atoms. The second-order valence-corrected chi connectivity index (χ2v) is 9.26. The Kier molecular flexibility index (Phi) is 6.45. The van der Waals surface area contributed by atoms with Crippen LogP contribution in [0.2, 0.25) is 5.02 Å². The van der Waals surface area contributed by atoms with E-state index in [0.29, 0.717) is 17.2 Å². The minimum absolute atomic E-state index is 0.000240. The molecule has 0 N–H and O–H groups in total. The van der Waals surface area contributed by atoms with E-state index in [1.165, 1.54) is 37.2 Å². The van der Waals surface area contributed by atoms with Crippen molar-refractivity contribution in [3.8, 4) is 11.5 Å². The van der Waals surface area contributed by atoms with Crippen molar-refractivity contribution in [3.63, 3.8) is 0 Å². The number of halogens is 1. The second kappa shape index (κ2) is 8.87. The van der Waals surface area contributed by atoms with Crippen LogP contribution in [0, 0.1) is 0 Å². The van der Waals surface area contributed by atoms with Crippen LogP contribution in [-0.4, -0.2) is 39.8 Å². The Hall–Kier alpha value is -2.87. The largest absolute Gasteiger partial charge is 0.457 e. The van der Waals surface area contributed by atoms with Crippen molar-refractivity contribution in [2.45, 2.75) is 4.90 Å². The van der Waals surface area contributed by atoms with Crippen molar-refractivity contribution < 1.29 is 17.9 Å². The molecule has 0 aliphatic heterocycles. The van der Waals surface area contributed by atoms with Crippen molar-refractivity contribution in [1.29, 1.82) is 0 Å². The van der Waals surface area contributed by atoms with Gasteiger partial charge in [0.05, 0.1) is 15.5 Å². The topological polar surface area (TPSA) is 66.9 Å². The fourth-order valence-electron chi connectivity index (χ4n) is 2.70. The summed E-state index contributed by atoms with van der Waals surface area (Å²) in [6, 6.07) is 20.4. The van der Waals surface area contributed by atoms with E-state index in [9.17, 15) is 13.2 Å². The molecule has 1 amide bonds. The number of carbonyl (C=O) groups excluding carboxylic acids is 1. The summed E-state index contributed by atoms with van der Waals surface area (Å²) in [5.41, 5.74) is 0.712. The zero-order valence-corrected chi connectivity index (χ0v) is 18.3. The Morgan fingerprint density at radius 1 is 0.867 bits per heavy atom. The van der Waals surface area contributed by atoms with Gasteiger partial charge in [-0.25, -0.2) is 12.7 Å². The highest BCUT2D eigenvalue weighted by molar-refractivity contribution is 7.89. The van der Waals surface area contributed by atoms with E-state index in [0.717, 1.165) is 4.31 Å². The molecular formula is C22H21ClN2O4S. The maximum absolute atomic E-state index is 13.0. The third kappa shape index (κ3) is 4.64. The number of hydrogen-bond donors (Lipinski definition) is 0. The maximum atomic E-state index is 13.0. The summed E-state index contributed by atoms with van der Waals surface area (Å²) in [4.78, 5) is 14.4. The van der Waals surface area contributed by atoms with E-state index in [1.807, 2.05) is 30.3 Å². The molecule has 3 aromatic carbocycles. The summed E-state index contributed by atoms with van der Waals surface area (Å²) >= 11 is 6.19. The summed E-state index contributed by atoms with van der Waals surface area (Å²) in [5, 5.41) is 0.175. The molecule has 0 fully saturated rings. The standard InChI is InChI=1S/C22H21ClN2O4S/c1-24(2)30(27,28)19-13-14-21(23)20(15-19)22(26)25(3)16-9-11-18(12-10-16)29-17-7-5-4-6-8-17/h4-15H,1-3H3. The average Bonchev–Trinajstić information content (AvgIpc) is 2.74. The number of sulfonamides is 1. The smallest absolute Gasteiger partial charge is 0.259 e. The molecule has 0 saturated carbocycles. The number of para-hydroxylation sites is 1. The highest BCUT2D eigenvalue weighted by Crippen LogP contribution is 2.27. The lowest BCUT2D eigenvalue weighted by atomic mass is 10.2. The van der Waals surface area contributed by atoms with Crippen LogP contribution in [0.5, 0.6) is 11.5 Å². The molecule has 3 aromatic rings. The van der Waals surface area contributed by atoms with Gasteiger partial charge in [0.15, 0.2) is 0 Å². The molecule has 0 aliphatic rings. The Balaban J connectivity index is 1.83. The highest BCUT2D eigenvalue weighted by Gasteiger charge is 2.23. The zero-order valence-electron chi connectivity index (χ0n) is 16.7. The van der Waals surface area contributed by atoms with Gasteiger partial charge in [0.25, 0.3) is 5.91 Å². The number of carbonyl (C=O) groups is 1. The van der Waals surface area contributed by atoms with E-state index >= 15 is 0 Å². The van der Waals surface area contributed by atoms with Gasteiger partial charge in [0.1, 0.15) is 11.5 Å². The average molecular weight is 445 g/mol. The van der Waals surface area contributed by atoms with Gasteiger partial charge in [-0.1, -0.05) is 29.8 Å². The SMILES string of the molecule is CN(C(=O)c1cc(S(=O)(=O)N(C)C)ccc1Cl)c1ccc(Oc2ccccc2)cc1. The minimum atomic E-state index is -3.69. The lowest BCUT2D eigenvalue weighted by Crippen LogP contribution is -2.27. The van der Waals surface area contributed by atoms with Gasteiger partial charge in [-0.15, -0.1) is 0 Å². The van der Waals surface area contributed by atoms with Crippen LogP contribution in [-0.2, 0) is 10.0 Å². The molecule has 0 heterocycles. The molecule has 0 radical (unpaired) electrons. The van der Waals surface area contributed by atoms with Gasteiger partial charge < -0.3 is 9.64 Å². The molecule has 3 rings (SSSR count). The van der Waals surface area contributed by atoms with Gasteiger partial charge in [0.2, 0.25) is 10.0 Å². The van der Waals surface area contributed by atoms with E-state index < -0.39 is 15.9 Å². The molecule has 8 heteroatoms. The normalized spacial score (nSPS) is 11.4. The molecule has 0 aliphatic carbocycles. The Morgan fingerprint density at radius 3 is 2.07 bits per heavy atom. The first kappa shape index (κ1) is 21.8. The first-order valence-corrected chi connectivity index (χ1v) is 10.8. The number of benzene rings is 3. The van der Waals surface area contributed by atoms with Gasteiger partial charge >= 0.3 is 0 Å². The van der Waals surface area contributed by atoms with E-state index in [-0.39, 0.29) is 15.5 Å². The zero-order chi connectivity index (χ0) is 21.9. The summed E-state index contributed by atoms with van der Waals surface area (Å²) in [6.45, 7) is 0. The van der Waals surface area contributed by atoms with Gasteiger partial charge in [0, 0.05) is 26.8 Å². The molecule has 0 spiro atoms.